The summed E-state index contributed by atoms with van der Waals surface area (Å²) < 4.78 is 0.970. The van der Waals surface area contributed by atoms with Gasteiger partial charge in [0.15, 0.2) is 5.82 Å². The monoisotopic (exact) mass is 347 g/mol. The first kappa shape index (κ1) is 16.0. The number of hydrogen-bond donors (Lipinski definition) is 1. The molecule has 1 N–H and O–H groups in total. The van der Waals surface area contributed by atoms with Crippen LogP contribution in [0.3, 0.4) is 0 Å². The zero-order chi connectivity index (χ0) is 15.6. The molecule has 0 saturated heterocycles. The molecule has 112 valence electrons. The third-order valence-electron chi connectivity index (χ3n) is 3.73. The minimum Gasteiger partial charge on any atom is -0.372 e. The third-order valence-corrected chi connectivity index (χ3v) is 4.56. The Labute approximate surface area is 135 Å². The zero-order valence-corrected chi connectivity index (χ0v) is 14.9. The van der Waals surface area contributed by atoms with Gasteiger partial charge < -0.3 is 5.32 Å². The van der Waals surface area contributed by atoms with Crippen LogP contribution in [0.1, 0.15) is 35.7 Å². The summed E-state index contributed by atoms with van der Waals surface area (Å²) in [5.41, 5.74) is 5.95. The van der Waals surface area contributed by atoms with Crippen molar-refractivity contribution in [3.8, 4) is 11.4 Å². The lowest BCUT2D eigenvalue weighted by molar-refractivity contribution is 0.868. The maximum absolute atomic E-state index is 4.77. The molecule has 0 aliphatic heterocycles. The van der Waals surface area contributed by atoms with E-state index in [2.05, 4.69) is 66.1 Å². The molecule has 0 amide bonds. The second-order valence-electron chi connectivity index (χ2n) is 5.41. The maximum Gasteiger partial charge on any atom is 0.162 e. The number of nitrogens with one attached hydrogen (secondary N) is 1. The summed E-state index contributed by atoms with van der Waals surface area (Å²) in [4.78, 5) is 9.44. The Hall–Kier alpha value is -1.42. The number of rotatable bonds is 4. The van der Waals surface area contributed by atoms with Crippen molar-refractivity contribution in [2.75, 3.05) is 12.4 Å². The molecule has 0 unspecified atom stereocenters. The summed E-state index contributed by atoms with van der Waals surface area (Å²) in [7, 11) is 1.89. The van der Waals surface area contributed by atoms with Crippen molar-refractivity contribution in [1.82, 2.24) is 9.97 Å². The highest BCUT2D eigenvalue weighted by Gasteiger charge is 2.14. The zero-order valence-electron chi connectivity index (χ0n) is 13.3. The SMILES string of the molecule is CCCc1nc(-c2cc(C)c(C)cc2C)nc(NC)c1Br. The van der Waals surface area contributed by atoms with Gasteiger partial charge >= 0.3 is 0 Å². The van der Waals surface area contributed by atoms with E-state index in [0.29, 0.717) is 0 Å². The summed E-state index contributed by atoms with van der Waals surface area (Å²) >= 11 is 3.61. The number of anilines is 1. The van der Waals surface area contributed by atoms with Crippen LogP contribution in [0, 0.1) is 20.8 Å². The number of aromatic nitrogens is 2. The van der Waals surface area contributed by atoms with Crippen molar-refractivity contribution in [2.45, 2.75) is 40.5 Å². The van der Waals surface area contributed by atoms with Crippen molar-refractivity contribution in [3.63, 3.8) is 0 Å². The van der Waals surface area contributed by atoms with Crippen molar-refractivity contribution < 1.29 is 0 Å². The molecule has 0 aliphatic carbocycles. The van der Waals surface area contributed by atoms with Gasteiger partial charge in [0.25, 0.3) is 0 Å². The van der Waals surface area contributed by atoms with E-state index >= 15 is 0 Å². The molecule has 1 aromatic heterocycles. The van der Waals surface area contributed by atoms with Crippen LogP contribution in [0.5, 0.6) is 0 Å². The van der Waals surface area contributed by atoms with Gasteiger partial charge in [0.2, 0.25) is 0 Å². The smallest absolute Gasteiger partial charge is 0.162 e. The molecule has 0 fully saturated rings. The third kappa shape index (κ3) is 3.26. The van der Waals surface area contributed by atoms with E-state index in [0.717, 1.165) is 40.2 Å². The molecule has 1 aromatic carbocycles. The maximum atomic E-state index is 4.77. The lowest BCUT2D eigenvalue weighted by atomic mass is 10.0. The van der Waals surface area contributed by atoms with Crippen LogP contribution in [0.2, 0.25) is 0 Å². The number of nitrogens with zero attached hydrogens (tertiary/aromatic N) is 2. The molecular weight excluding hydrogens is 326 g/mol. The first-order chi connectivity index (χ1) is 9.97. The van der Waals surface area contributed by atoms with Crippen LogP contribution in [-0.2, 0) is 6.42 Å². The number of hydrogen-bond acceptors (Lipinski definition) is 3. The molecule has 0 radical (unpaired) electrons. The van der Waals surface area contributed by atoms with Crippen LogP contribution < -0.4 is 5.32 Å². The van der Waals surface area contributed by atoms with E-state index in [4.69, 9.17) is 4.98 Å². The van der Waals surface area contributed by atoms with E-state index in [1.54, 1.807) is 0 Å². The van der Waals surface area contributed by atoms with E-state index < -0.39 is 0 Å². The van der Waals surface area contributed by atoms with Crippen molar-refractivity contribution in [1.29, 1.82) is 0 Å². The van der Waals surface area contributed by atoms with Gasteiger partial charge in [-0.1, -0.05) is 19.4 Å². The lowest BCUT2D eigenvalue weighted by Gasteiger charge is -2.13. The minimum absolute atomic E-state index is 0.798. The van der Waals surface area contributed by atoms with Gasteiger partial charge in [-0.3, -0.25) is 0 Å². The Balaban J connectivity index is 2.63. The summed E-state index contributed by atoms with van der Waals surface area (Å²) in [6.07, 6.45) is 2.00. The molecule has 2 aromatic rings. The topological polar surface area (TPSA) is 37.8 Å². The normalized spacial score (nSPS) is 10.8. The van der Waals surface area contributed by atoms with Gasteiger partial charge in [0.05, 0.1) is 10.2 Å². The molecule has 2 rings (SSSR count). The fourth-order valence-electron chi connectivity index (χ4n) is 2.38. The Morgan fingerprint density at radius 1 is 1.05 bits per heavy atom. The van der Waals surface area contributed by atoms with Gasteiger partial charge in [-0.25, -0.2) is 9.97 Å². The molecule has 0 bridgehead atoms. The average molecular weight is 348 g/mol. The first-order valence-corrected chi connectivity index (χ1v) is 8.09. The number of aryl methyl sites for hydroxylation is 4. The molecular formula is C17H22BrN3. The molecule has 1 heterocycles. The Kier molecular flexibility index (Phi) is 4.99. The molecule has 0 saturated carbocycles. The molecule has 4 heteroatoms. The Morgan fingerprint density at radius 3 is 2.33 bits per heavy atom. The number of benzene rings is 1. The van der Waals surface area contributed by atoms with Crippen LogP contribution in [-0.4, -0.2) is 17.0 Å². The predicted molar refractivity (Wildman–Crippen MR) is 92.9 cm³/mol. The summed E-state index contributed by atoms with van der Waals surface area (Å²) in [5.74, 6) is 1.65. The standard InChI is InChI=1S/C17H22BrN3/c1-6-7-14-15(18)17(19-5)21-16(20-14)13-9-11(3)10(2)8-12(13)4/h8-9H,6-7H2,1-5H3,(H,19,20,21). The molecule has 0 atom stereocenters. The van der Waals surface area contributed by atoms with Crippen molar-refractivity contribution in [3.05, 3.63) is 39.0 Å². The average Bonchev–Trinajstić information content (AvgIpc) is 2.45. The van der Waals surface area contributed by atoms with Gasteiger partial charge in [0.1, 0.15) is 5.82 Å². The molecule has 0 aliphatic rings. The van der Waals surface area contributed by atoms with Gasteiger partial charge in [-0.2, -0.15) is 0 Å². The fraction of sp³-hybridized carbons (Fsp3) is 0.412. The second kappa shape index (κ2) is 6.56. The molecule has 3 nitrogen and oxygen atoms in total. The molecule has 0 spiro atoms. The van der Waals surface area contributed by atoms with Crippen molar-refractivity contribution >= 4 is 21.7 Å². The molecule has 21 heavy (non-hydrogen) atoms. The highest BCUT2D eigenvalue weighted by Crippen LogP contribution is 2.30. The minimum atomic E-state index is 0.798. The van der Waals surface area contributed by atoms with Crippen molar-refractivity contribution in [2.24, 2.45) is 0 Å². The first-order valence-electron chi connectivity index (χ1n) is 7.30. The highest BCUT2D eigenvalue weighted by molar-refractivity contribution is 9.10. The Morgan fingerprint density at radius 2 is 1.71 bits per heavy atom. The van der Waals surface area contributed by atoms with Crippen LogP contribution >= 0.6 is 15.9 Å². The largest absolute Gasteiger partial charge is 0.372 e. The van der Waals surface area contributed by atoms with E-state index in [9.17, 15) is 0 Å². The summed E-state index contributed by atoms with van der Waals surface area (Å²) in [6.45, 7) is 8.54. The summed E-state index contributed by atoms with van der Waals surface area (Å²) in [6, 6.07) is 4.39. The van der Waals surface area contributed by atoms with Crippen LogP contribution in [0.15, 0.2) is 16.6 Å². The van der Waals surface area contributed by atoms with Crippen LogP contribution in [0.4, 0.5) is 5.82 Å². The fourth-order valence-corrected chi connectivity index (χ4v) is 2.96. The summed E-state index contributed by atoms with van der Waals surface area (Å²) in [5, 5.41) is 3.15. The van der Waals surface area contributed by atoms with Gasteiger partial charge in [-0.15, -0.1) is 0 Å². The number of halogens is 1. The lowest BCUT2D eigenvalue weighted by Crippen LogP contribution is -2.04. The second-order valence-corrected chi connectivity index (χ2v) is 6.20. The van der Waals surface area contributed by atoms with E-state index in [1.165, 1.54) is 16.7 Å². The van der Waals surface area contributed by atoms with Gasteiger partial charge in [-0.05, 0) is 65.9 Å². The highest BCUT2D eigenvalue weighted by atomic mass is 79.9. The predicted octanol–water partition coefficient (Wildman–Crippen LogP) is 4.83. The van der Waals surface area contributed by atoms with E-state index in [1.807, 2.05) is 7.05 Å². The Bertz CT molecular complexity index is 666. The van der Waals surface area contributed by atoms with Crippen LogP contribution in [0.25, 0.3) is 11.4 Å². The quantitative estimate of drug-likeness (QED) is 0.860. The van der Waals surface area contributed by atoms with E-state index in [-0.39, 0.29) is 0 Å². The van der Waals surface area contributed by atoms with Gasteiger partial charge in [0, 0.05) is 12.6 Å².